The molecule has 2 unspecified atom stereocenters. The molecule has 32 heteroatoms. The Labute approximate surface area is 377 Å². The van der Waals surface area contributed by atoms with E-state index in [2.05, 4.69) is 0 Å². The predicted octanol–water partition coefficient (Wildman–Crippen LogP) is -5.11. The van der Waals surface area contributed by atoms with Gasteiger partial charge in [-0.1, -0.05) is 30.3 Å². The molecule has 15 atom stereocenters. The normalized spacial score (nSPS) is 30.4. The number of nitrogens with two attached hydrogens (primary N) is 1. The second kappa shape index (κ2) is 20.7. The number of hydrogen-bond donors (Lipinski definition) is 10. The second-order valence-electron chi connectivity index (χ2n) is 15.3. The summed E-state index contributed by atoms with van der Waals surface area (Å²) in [6.07, 6.45) is -19.7. The lowest BCUT2D eigenvalue weighted by atomic mass is 10.1. The van der Waals surface area contributed by atoms with E-state index in [9.17, 15) is 72.9 Å². The summed E-state index contributed by atoms with van der Waals surface area (Å²) >= 11 is 0. The topological polar surface area (TPSA) is 437 Å². The van der Waals surface area contributed by atoms with Gasteiger partial charge in [0.05, 0.1) is 13.2 Å². The molecule has 370 valence electrons. The van der Waals surface area contributed by atoms with Crippen LogP contribution in [-0.4, -0.2) is 146 Å². The molecule has 3 aliphatic heterocycles. The maximum Gasteiger partial charge on any atom is 0.472 e. The molecule has 0 saturated carbocycles. The van der Waals surface area contributed by atoms with Crippen molar-refractivity contribution < 1.29 is 81.2 Å². The minimum Gasteiger partial charge on any atom is -0.462 e. The zero-order chi connectivity index (χ0) is 49.2. The molecule has 30 nitrogen and oxygen atoms in total. The van der Waals surface area contributed by atoms with Crippen LogP contribution in [0.25, 0.3) is 0 Å². The molecular weight excluding hydrogens is 960 g/mol. The number of hydrogen-bond acceptors (Lipinski definition) is 22. The maximum absolute atomic E-state index is 13.6. The number of carbonyl (C=O) groups is 1. The van der Waals surface area contributed by atoms with Gasteiger partial charge in [-0.3, -0.25) is 65.9 Å². The molecule has 7 rings (SSSR count). The molecule has 68 heavy (non-hydrogen) atoms. The summed E-state index contributed by atoms with van der Waals surface area (Å²) in [6, 6.07) is 10.0. The number of ether oxygens (including phenoxy) is 4. The first kappa shape index (κ1) is 50.5. The van der Waals surface area contributed by atoms with Gasteiger partial charge in [0.15, 0.2) is 18.7 Å². The molecule has 4 aromatic rings. The van der Waals surface area contributed by atoms with E-state index in [-0.39, 0.29) is 6.42 Å². The van der Waals surface area contributed by atoms with Crippen LogP contribution < -0.4 is 39.5 Å². The molecule has 3 saturated heterocycles. The summed E-state index contributed by atoms with van der Waals surface area (Å²) in [5, 5.41) is 43.7. The molecule has 1 aromatic carbocycles. The van der Waals surface area contributed by atoms with Crippen molar-refractivity contribution in [3.63, 3.8) is 0 Å². The maximum atomic E-state index is 13.6. The summed E-state index contributed by atoms with van der Waals surface area (Å²) in [5.74, 6) is -0.973. The zero-order valence-corrected chi connectivity index (χ0v) is 36.4. The lowest BCUT2D eigenvalue weighted by Gasteiger charge is -2.26. The Bertz CT molecular complexity index is 2910. The highest BCUT2D eigenvalue weighted by Crippen LogP contribution is 2.52. The molecule has 0 bridgehead atoms. The van der Waals surface area contributed by atoms with Crippen LogP contribution in [0.5, 0.6) is 0 Å². The predicted molar refractivity (Wildman–Crippen MR) is 220 cm³/mol. The van der Waals surface area contributed by atoms with Gasteiger partial charge in [0.2, 0.25) is 0 Å². The average Bonchev–Trinajstić information content (AvgIpc) is 3.85. The van der Waals surface area contributed by atoms with E-state index in [0.29, 0.717) is 14.7 Å². The van der Waals surface area contributed by atoms with Crippen LogP contribution in [0.3, 0.4) is 0 Å². The number of H-pyrrole nitrogens is 3. The first-order chi connectivity index (χ1) is 32.1. The Morgan fingerprint density at radius 3 is 1.44 bits per heavy atom. The summed E-state index contributed by atoms with van der Waals surface area (Å²) in [4.78, 5) is 113. The van der Waals surface area contributed by atoms with Crippen molar-refractivity contribution >= 4 is 21.6 Å². The van der Waals surface area contributed by atoms with Gasteiger partial charge >= 0.3 is 38.7 Å². The van der Waals surface area contributed by atoms with Crippen molar-refractivity contribution in [2.24, 2.45) is 5.73 Å². The van der Waals surface area contributed by atoms with Crippen molar-refractivity contribution in [2.45, 2.75) is 86.1 Å². The van der Waals surface area contributed by atoms with Crippen LogP contribution in [-0.2, 0) is 57.4 Å². The van der Waals surface area contributed by atoms with Crippen molar-refractivity contribution in [1.82, 2.24) is 28.7 Å². The number of aliphatic hydroxyl groups is 4. The number of aromatic nitrogens is 6. The third-order valence-electron chi connectivity index (χ3n) is 10.6. The Morgan fingerprint density at radius 2 is 1.00 bits per heavy atom. The van der Waals surface area contributed by atoms with E-state index in [1.165, 1.54) is 0 Å². The van der Waals surface area contributed by atoms with Crippen LogP contribution in [0.2, 0.25) is 0 Å². The van der Waals surface area contributed by atoms with Gasteiger partial charge in [-0.05, 0) is 12.0 Å². The number of phosphoric ester groups is 2. The molecule has 0 radical (unpaired) electrons. The minimum absolute atomic E-state index is 0.0343. The molecular formula is C36H43N7O23P2. The van der Waals surface area contributed by atoms with Crippen molar-refractivity contribution in [1.29, 1.82) is 0 Å². The second-order valence-corrected chi connectivity index (χ2v) is 18.1. The highest BCUT2D eigenvalue weighted by molar-refractivity contribution is 7.47. The quantitative estimate of drug-likeness (QED) is 0.0329. The van der Waals surface area contributed by atoms with E-state index < -0.39 is 155 Å². The monoisotopic (exact) mass is 1000 g/mol. The number of nitrogens with one attached hydrogen (secondary N) is 3. The number of benzene rings is 1. The fraction of sp³-hybridized carbons (Fsp3) is 0.472. The highest BCUT2D eigenvalue weighted by atomic mass is 31.2. The summed E-state index contributed by atoms with van der Waals surface area (Å²) in [7, 11) is -11.1. The van der Waals surface area contributed by atoms with E-state index in [1.54, 1.807) is 30.3 Å². The Balaban J connectivity index is 1.07. The molecule has 11 N–H and O–H groups in total. The fourth-order valence-corrected chi connectivity index (χ4v) is 9.26. The van der Waals surface area contributed by atoms with Gasteiger partial charge in [-0.15, -0.1) is 0 Å². The van der Waals surface area contributed by atoms with Crippen LogP contribution in [0.4, 0.5) is 0 Å². The molecule has 3 fully saturated rings. The Kier molecular flexibility index (Phi) is 15.4. The van der Waals surface area contributed by atoms with Crippen molar-refractivity contribution in [2.75, 3.05) is 19.8 Å². The van der Waals surface area contributed by atoms with Gasteiger partial charge in [0.1, 0.15) is 67.6 Å². The third kappa shape index (κ3) is 11.5. The molecule has 6 heterocycles. The number of phosphoric acid groups is 2. The zero-order valence-electron chi connectivity index (χ0n) is 34.6. The van der Waals surface area contributed by atoms with Gasteiger partial charge in [-0.25, -0.2) is 23.5 Å². The van der Waals surface area contributed by atoms with Gasteiger partial charge < -0.3 is 54.9 Å². The van der Waals surface area contributed by atoms with E-state index in [0.717, 1.165) is 41.4 Å². The van der Waals surface area contributed by atoms with Gasteiger partial charge in [0.25, 0.3) is 16.7 Å². The number of nitrogens with zero attached hydrogens (tertiary/aromatic N) is 3. The van der Waals surface area contributed by atoms with Crippen LogP contribution in [0.15, 0.2) is 95.9 Å². The van der Waals surface area contributed by atoms with Crippen LogP contribution in [0.1, 0.15) is 24.2 Å². The largest absolute Gasteiger partial charge is 0.472 e. The van der Waals surface area contributed by atoms with Crippen LogP contribution in [0, 0.1) is 0 Å². The first-order valence-corrected chi connectivity index (χ1v) is 23.0. The average molecular weight is 1000 g/mol. The number of carbonyl (C=O) groups excluding carboxylic acids is 1. The third-order valence-corrected chi connectivity index (χ3v) is 12.6. The Morgan fingerprint density at radius 1 is 0.603 bits per heavy atom. The number of rotatable bonds is 18. The smallest absolute Gasteiger partial charge is 0.462 e. The summed E-state index contributed by atoms with van der Waals surface area (Å²) in [5.41, 5.74) is 0.919. The van der Waals surface area contributed by atoms with E-state index >= 15 is 0 Å². The highest BCUT2D eigenvalue weighted by Gasteiger charge is 2.53. The lowest BCUT2D eigenvalue weighted by molar-refractivity contribution is -0.151. The summed E-state index contributed by atoms with van der Waals surface area (Å²) in [6.45, 7) is -3.06. The molecule has 0 amide bonds. The SMILES string of the molecule is N[C@@H](Cc1ccccc1)C(=O)OC[C@H]1O[C@@H](n2ccc(=O)[nH]c2=O)[C@H](O)[C@@H]1OP(=O)(O)OC[C@H]1O[C@@H](n2ccc(=O)[nH]c2=O)[C@H](O)[C@@H]1OP(=O)(O)OC[C@H]1O[C@@H](n2ccc(=O)[nH]c2=O)[C@H](O)[C@@H]1O. The fourth-order valence-electron chi connectivity index (χ4n) is 7.33. The number of esters is 1. The molecule has 3 aliphatic rings. The molecule has 3 aromatic heterocycles. The number of aromatic amines is 3. The molecule has 0 aliphatic carbocycles. The first-order valence-electron chi connectivity index (χ1n) is 20.0. The van der Waals surface area contributed by atoms with E-state index in [1.807, 2.05) is 15.0 Å². The molecule has 0 spiro atoms. The number of aliphatic hydroxyl groups excluding tert-OH is 4. The van der Waals surface area contributed by atoms with E-state index in [4.69, 9.17) is 42.8 Å². The van der Waals surface area contributed by atoms with Gasteiger partial charge in [0, 0.05) is 36.8 Å². The minimum atomic E-state index is -5.56. The van der Waals surface area contributed by atoms with Gasteiger partial charge in [-0.2, -0.15) is 0 Å². The lowest BCUT2D eigenvalue weighted by Crippen LogP contribution is -2.40. The van der Waals surface area contributed by atoms with Crippen molar-refractivity contribution in [3.05, 3.63) is 135 Å². The standard InChI is InChI=1S/C36H43N7O23P2/c37-17(12-16-4-2-1-3-5-16)33(51)59-13-19-28(26(49)31(63-19)42-10-7-22(45)39-35(42)53)65-68(57,58)61-15-20-29(27(50)32(64-20)43-11-8-23(46)40-36(43)54)66-67(55,56)60-14-18-24(47)25(48)30(62-18)41-9-6-21(44)38-34(41)52/h1-11,17-20,24-32,47-50H,12-15,37H2,(H,55,56)(H,57,58)(H,38,44,52)(H,39,45,53)(H,40,46,54)/t17-,18+,19+,20+,24+,25+,26+,27+,28+,29+,30+,31+,32+/m0/s1. The summed E-state index contributed by atoms with van der Waals surface area (Å²) < 4.78 is 71.8. The van der Waals surface area contributed by atoms with Crippen molar-refractivity contribution in [3.8, 4) is 0 Å². The Hall–Kier alpha value is -5.37. The van der Waals surface area contributed by atoms with Crippen LogP contribution >= 0.6 is 15.6 Å².